The van der Waals surface area contributed by atoms with Crippen LogP contribution >= 0.6 is 11.8 Å². The van der Waals surface area contributed by atoms with Gasteiger partial charge in [-0.3, -0.25) is 0 Å². The van der Waals surface area contributed by atoms with Crippen LogP contribution in [-0.2, 0) is 0 Å². The van der Waals surface area contributed by atoms with E-state index in [1.807, 2.05) is 5.01 Å². The van der Waals surface area contributed by atoms with E-state index in [9.17, 15) is 0 Å². The third-order valence-corrected chi connectivity index (χ3v) is 3.59. The molecule has 88 valence electrons. The van der Waals surface area contributed by atoms with E-state index < -0.39 is 0 Å². The van der Waals surface area contributed by atoms with Crippen molar-refractivity contribution in [1.82, 2.24) is 5.01 Å². The maximum Gasteiger partial charge on any atom is 0.191 e. The maximum absolute atomic E-state index is 4.70. The highest BCUT2D eigenvalue weighted by atomic mass is 32.2. The lowest BCUT2D eigenvalue weighted by Gasteiger charge is -2.27. The molecule has 0 aromatic rings. The molecule has 0 aromatic heterocycles. The van der Waals surface area contributed by atoms with Gasteiger partial charge in [-0.05, 0) is 51.5 Å². The van der Waals surface area contributed by atoms with Crippen molar-refractivity contribution in [2.45, 2.75) is 52.5 Å². The first kappa shape index (κ1) is 11.7. The minimum atomic E-state index is -0.0847. The first-order chi connectivity index (χ1) is 7.52. The van der Waals surface area contributed by atoms with Crippen LogP contribution in [0.5, 0.6) is 0 Å². The van der Waals surface area contributed by atoms with Gasteiger partial charge in [-0.1, -0.05) is 13.3 Å². The van der Waals surface area contributed by atoms with Gasteiger partial charge in [-0.25, -0.2) is 10.0 Å². The van der Waals surface area contributed by atoms with Gasteiger partial charge in [0.25, 0.3) is 0 Å². The molecule has 0 N–H and O–H groups in total. The second kappa shape index (κ2) is 4.24. The minimum absolute atomic E-state index is 0.0847. The van der Waals surface area contributed by atoms with E-state index in [1.54, 1.807) is 11.8 Å². The molecule has 0 aromatic carbocycles. The first-order valence-corrected chi connectivity index (χ1v) is 6.68. The van der Waals surface area contributed by atoms with Crippen LogP contribution < -0.4 is 0 Å². The summed E-state index contributed by atoms with van der Waals surface area (Å²) in [5.41, 5.74) is 1.10. The molecule has 3 nitrogen and oxygen atoms in total. The van der Waals surface area contributed by atoms with Gasteiger partial charge in [-0.15, -0.1) is 0 Å². The van der Waals surface area contributed by atoms with Crippen LogP contribution in [0.1, 0.15) is 47.0 Å². The highest BCUT2D eigenvalue weighted by Gasteiger charge is 2.31. The zero-order valence-electron chi connectivity index (χ0n) is 10.4. The molecule has 0 bridgehead atoms. The Morgan fingerprint density at radius 3 is 2.88 bits per heavy atom. The zero-order valence-corrected chi connectivity index (χ0v) is 11.3. The van der Waals surface area contributed by atoms with Crippen LogP contribution in [0.2, 0.25) is 0 Å². The van der Waals surface area contributed by atoms with E-state index in [4.69, 9.17) is 4.99 Å². The fourth-order valence-corrected chi connectivity index (χ4v) is 3.04. The van der Waals surface area contributed by atoms with Crippen LogP contribution in [0.4, 0.5) is 0 Å². The van der Waals surface area contributed by atoms with E-state index in [0.717, 1.165) is 11.6 Å². The second-order valence-corrected chi connectivity index (χ2v) is 5.89. The minimum Gasteiger partial charge on any atom is -0.250 e. The van der Waals surface area contributed by atoms with Crippen LogP contribution in [0, 0.1) is 0 Å². The Labute approximate surface area is 102 Å². The fourth-order valence-electron chi connectivity index (χ4n) is 1.90. The molecule has 0 radical (unpaired) electrons. The van der Waals surface area contributed by atoms with Crippen LogP contribution in [0.25, 0.3) is 0 Å². The summed E-state index contributed by atoms with van der Waals surface area (Å²) in [5.74, 6) is 0. The first-order valence-electron chi connectivity index (χ1n) is 5.86. The van der Waals surface area contributed by atoms with E-state index in [1.165, 1.54) is 23.6 Å². The Bertz CT molecular complexity index is 380. The number of aliphatic imine (C=N–C) groups is 1. The molecule has 0 fully saturated rings. The second-order valence-electron chi connectivity index (χ2n) is 4.84. The SMILES string of the molecule is CCCCC1=NN2C(C)=CC(C)(C)N=C2S1. The summed E-state index contributed by atoms with van der Waals surface area (Å²) in [7, 11) is 0. The van der Waals surface area contributed by atoms with E-state index in [2.05, 4.69) is 38.9 Å². The van der Waals surface area contributed by atoms with Gasteiger partial charge >= 0.3 is 0 Å². The number of hydrogen-bond acceptors (Lipinski definition) is 4. The Balaban J connectivity index is 2.15. The van der Waals surface area contributed by atoms with Gasteiger partial charge in [0.1, 0.15) is 5.04 Å². The Kier molecular flexibility index (Phi) is 3.10. The van der Waals surface area contributed by atoms with Crippen molar-refractivity contribution in [3.05, 3.63) is 11.8 Å². The Morgan fingerprint density at radius 1 is 1.44 bits per heavy atom. The molecule has 2 aliphatic heterocycles. The zero-order chi connectivity index (χ0) is 11.8. The average Bonchev–Trinajstić information content (AvgIpc) is 2.56. The number of allylic oxidation sites excluding steroid dienone is 1. The summed E-state index contributed by atoms with van der Waals surface area (Å²) in [5, 5.41) is 8.82. The monoisotopic (exact) mass is 237 g/mol. The lowest BCUT2D eigenvalue weighted by atomic mass is 10.0. The predicted octanol–water partition coefficient (Wildman–Crippen LogP) is 3.59. The fraction of sp³-hybridized carbons (Fsp3) is 0.667. The largest absolute Gasteiger partial charge is 0.250 e. The van der Waals surface area contributed by atoms with Crippen molar-refractivity contribution in [3.63, 3.8) is 0 Å². The highest BCUT2D eigenvalue weighted by molar-refractivity contribution is 8.26. The topological polar surface area (TPSA) is 28.0 Å². The molecule has 16 heavy (non-hydrogen) atoms. The van der Waals surface area contributed by atoms with Crippen LogP contribution in [0.15, 0.2) is 21.9 Å². The predicted molar refractivity (Wildman–Crippen MR) is 71.7 cm³/mol. The molecule has 2 rings (SSSR count). The summed E-state index contributed by atoms with van der Waals surface area (Å²) >= 11 is 1.73. The van der Waals surface area contributed by atoms with Gasteiger partial charge < -0.3 is 0 Å². The van der Waals surface area contributed by atoms with E-state index >= 15 is 0 Å². The van der Waals surface area contributed by atoms with E-state index in [-0.39, 0.29) is 5.54 Å². The van der Waals surface area contributed by atoms with Gasteiger partial charge in [-0.2, -0.15) is 5.10 Å². The Morgan fingerprint density at radius 2 is 2.19 bits per heavy atom. The van der Waals surface area contributed by atoms with Gasteiger partial charge in [0.05, 0.1) is 5.54 Å². The lowest BCUT2D eigenvalue weighted by molar-refractivity contribution is 0.505. The highest BCUT2D eigenvalue weighted by Crippen LogP contribution is 2.33. The number of amidine groups is 1. The maximum atomic E-state index is 4.70. The van der Waals surface area contributed by atoms with Crippen molar-refractivity contribution in [2.24, 2.45) is 10.1 Å². The molecule has 0 saturated heterocycles. The Hall–Kier alpha value is -0.770. The molecule has 0 unspecified atom stereocenters. The van der Waals surface area contributed by atoms with Crippen molar-refractivity contribution in [2.75, 3.05) is 0 Å². The average molecular weight is 237 g/mol. The van der Waals surface area contributed by atoms with Crippen LogP contribution in [-0.4, -0.2) is 20.8 Å². The smallest absolute Gasteiger partial charge is 0.191 e. The molecule has 4 heteroatoms. The van der Waals surface area contributed by atoms with Crippen molar-refractivity contribution < 1.29 is 0 Å². The number of hydrazone groups is 1. The number of thioether (sulfide) groups is 1. The molecule has 0 spiro atoms. The number of fused-ring (bicyclic) bond motifs is 1. The lowest BCUT2D eigenvalue weighted by Crippen LogP contribution is -2.29. The number of nitrogens with zero attached hydrogens (tertiary/aromatic N) is 3. The van der Waals surface area contributed by atoms with E-state index in [0.29, 0.717) is 0 Å². The van der Waals surface area contributed by atoms with Crippen LogP contribution in [0.3, 0.4) is 0 Å². The summed E-state index contributed by atoms with van der Waals surface area (Å²) in [4.78, 5) is 4.70. The molecule has 0 aliphatic carbocycles. The summed E-state index contributed by atoms with van der Waals surface area (Å²) in [6.45, 7) is 8.57. The molecule has 0 saturated carbocycles. The quantitative estimate of drug-likeness (QED) is 0.750. The van der Waals surface area contributed by atoms with Gasteiger partial charge in [0.2, 0.25) is 0 Å². The van der Waals surface area contributed by atoms with Crippen molar-refractivity contribution in [3.8, 4) is 0 Å². The third-order valence-electron chi connectivity index (χ3n) is 2.63. The summed E-state index contributed by atoms with van der Waals surface area (Å²) in [6.07, 6.45) is 5.67. The molecule has 0 amide bonds. The number of unbranched alkanes of at least 4 members (excludes halogenated alkanes) is 1. The number of rotatable bonds is 3. The normalized spacial score (nSPS) is 22.5. The van der Waals surface area contributed by atoms with Gasteiger partial charge in [0.15, 0.2) is 5.17 Å². The summed E-state index contributed by atoms with van der Waals surface area (Å²) in [6, 6.07) is 0. The molecule has 0 atom stereocenters. The summed E-state index contributed by atoms with van der Waals surface area (Å²) < 4.78 is 0. The molecule has 2 heterocycles. The third kappa shape index (κ3) is 2.32. The van der Waals surface area contributed by atoms with Crippen molar-refractivity contribution >= 4 is 22.0 Å². The van der Waals surface area contributed by atoms with Crippen molar-refractivity contribution in [1.29, 1.82) is 0 Å². The standard InChI is InChI=1S/C12H19N3S/c1-5-6-7-10-14-15-9(2)8-12(3,4)13-11(15)16-10/h8H,5-7H2,1-4H3. The molecule has 2 aliphatic rings. The molecular weight excluding hydrogens is 218 g/mol. The number of hydrogen-bond donors (Lipinski definition) is 0. The molecular formula is C12H19N3S. The van der Waals surface area contributed by atoms with Gasteiger partial charge in [0, 0.05) is 5.70 Å².